The molecule has 2 fully saturated rings. The number of halogens is 2. The van der Waals surface area contributed by atoms with Crippen molar-refractivity contribution in [1.82, 2.24) is 15.5 Å². The summed E-state index contributed by atoms with van der Waals surface area (Å²) in [4.78, 5) is 14.7. The van der Waals surface area contributed by atoms with Crippen molar-refractivity contribution in [3.63, 3.8) is 0 Å². The fourth-order valence-corrected chi connectivity index (χ4v) is 3.29. The number of ether oxygens (including phenoxy) is 1. The van der Waals surface area contributed by atoms with Crippen molar-refractivity contribution in [1.29, 1.82) is 0 Å². The molecule has 1 atom stereocenters. The van der Waals surface area contributed by atoms with Gasteiger partial charge in [0.2, 0.25) is 0 Å². The number of hydrogen-bond acceptors (Lipinski definition) is 4. The number of aryl methyl sites for hydroxylation is 1. The van der Waals surface area contributed by atoms with Crippen LogP contribution in [0.15, 0.2) is 24.3 Å². The standard InChI is InChI=1S/C18H27N3O2.2ClH/c1-14-4-2-3-5-15(14)13-21-9-6-16(7-10-21)20-18(22)17-12-19-8-11-23-17;;/h2-5,16-17,19H,6-13H2,1H3,(H,20,22);2*1H. The summed E-state index contributed by atoms with van der Waals surface area (Å²) in [6.07, 6.45) is 1.70. The third kappa shape index (κ3) is 6.42. The van der Waals surface area contributed by atoms with Gasteiger partial charge in [0.1, 0.15) is 6.10 Å². The molecule has 7 heteroatoms. The van der Waals surface area contributed by atoms with Gasteiger partial charge in [0.15, 0.2) is 0 Å². The van der Waals surface area contributed by atoms with E-state index in [-0.39, 0.29) is 42.9 Å². The van der Waals surface area contributed by atoms with Gasteiger partial charge in [0, 0.05) is 38.8 Å². The van der Waals surface area contributed by atoms with Gasteiger partial charge in [-0.05, 0) is 30.9 Å². The summed E-state index contributed by atoms with van der Waals surface area (Å²) < 4.78 is 5.51. The predicted molar refractivity (Wildman–Crippen MR) is 105 cm³/mol. The minimum absolute atomic E-state index is 0. The first-order valence-electron chi connectivity index (χ1n) is 8.62. The van der Waals surface area contributed by atoms with E-state index in [1.54, 1.807) is 0 Å². The summed E-state index contributed by atoms with van der Waals surface area (Å²) in [5.74, 6) is 0.0366. The number of benzene rings is 1. The lowest BCUT2D eigenvalue weighted by Crippen LogP contribution is -2.52. The van der Waals surface area contributed by atoms with Crippen LogP contribution in [0.2, 0.25) is 0 Å². The van der Waals surface area contributed by atoms with Crippen LogP contribution in [0.5, 0.6) is 0 Å². The zero-order chi connectivity index (χ0) is 16.1. The monoisotopic (exact) mass is 389 g/mol. The van der Waals surface area contributed by atoms with E-state index in [0.717, 1.165) is 39.0 Å². The number of piperidine rings is 1. The Morgan fingerprint density at radius 3 is 2.64 bits per heavy atom. The van der Waals surface area contributed by atoms with Gasteiger partial charge in [-0.15, -0.1) is 24.8 Å². The fourth-order valence-electron chi connectivity index (χ4n) is 3.29. The van der Waals surface area contributed by atoms with Crippen molar-refractivity contribution in [3.8, 4) is 0 Å². The molecule has 25 heavy (non-hydrogen) atoms. The first-order valence-corrected chi connectivity index (χ1v) is 8.62. The Hall–Kier alpha value is -0.850. The quantitative estimate of drug-likeness (QED) is 0.825. The predicted octanol–water partition coefficient (Wildman–Crippen LogP) is 1.91. The molecule has 142 valence electrons. The molecule has 1 aromatic rings. The number of nitrogens with zero attached hydrogens (tertiary/aromatic N) is 1. The van der Waals surface area contributed by atoms with Crippen LogP contribution in [0.25, 0.3) is 0 Å². The topological polar surface area (TPSA) is 53.6 Å². The molecule has 2 N–H and O–H groups in total. The molecule has 0 aliphatic carbocycles. The molecule has 2 heterocycles. The highest BCUT2D eigenvalue weighted by Crippen LogP contribution is 2.16. The molecule has 2 aliphatic rings. The molecule has 0 saturated carbocycles. The molecular formula is C18H29Cl2N3O2. The third-order valence-electron chi connectivity index (χ3n) is 4.81. The molecule has 1 aromatic carbocycles. The summed E-state index contributed by atoms with van der Waals surface area (Å²) in [6.45, 7) is 7.31. The SMILES string of the molecule is Cc1ccccc1CN1CCC(NC(=O)C2CNCCO2)CC1.Cl.Cl. The van der Waals surface area contributed by atoms with Crippen LogP contribution in [-0.4, -0.2) is 55.7 Å². The Kier molecular flexibility index (Phi) is 9.75. The second kappa shape index (κ2) is 11.0. The lowest BCUT2D eigenvalue weighted by molar-refractivity contribution is -0.135. The second-order valence-electron chi connectivity index (χ2n) is 6.55. The number of morpholine rings is 1. The molecular weight excluding hydrogens is 361 g/mol. The van der Waals surface area contributed by atoms with Crippen molar-refractivity contribution < 1.29 is 9.53 Å². The number of hydrogen-bond donors (Lipinski definition) is 2. The van der Waals surface area contributed by atoms with E-state index in [9.17, 15) is 4.79 Å². The zero-order valence-corrected chi connectivity index (χ0v) is 16.3. The zero-order valence-electron chi connectivity index (χ0n) is 14.7. The molecule has 3 rings (SSSR count). The molecule has 0 spiro atoms. The highest BCUT2D eigenvalue weighted by Gasteiger charge is 2.26. The van der Waals surface area contributed by atoms with Crippen LogP contribution >= 0.6 is 24.8 Å². The molecule has 2 aliphatic heterocycles. The van der Waals surface area contributed by atoms with Crippen LogP contribution in [-0.2, 0) is 16.1 Å². The van der Waals surface area contributed by atoms with E-state index in [4.69, 9.17) is 4.74 Å². The van der Waals surface area contributed by atoms with Gasteiger partial charge in [-0.1, -0.05) is 24.3 Å². The number of nitrogens with one attached hydrogen (secondary N) is 2. The van der Waals surface area contributed by atoms with Gasteiger partial charge in [-0.3, -0.25) is 9.69 Å². The maximum Gasteiger partial charge on any atom is 0.250 e. The van der Waals surface area contributed by atoms with Gasteiger partial charge < -0.3 is 15.4 Å². The van der Waals surface area contributed by atoms with E-state index in [1.165, 1.54) is 11.1 Å². The minimum atomic E-state index is -0.325. The smallest absolute Gasteiger partial charge is 0.250 e. The van der Waals surface area contributed by atoms with E-state index >= 15 is 0 Å². The Balaban J connectivity index is 0.00000156. The summed E-state index contributed by atoms with van der Waals surface area (Å²) in [5, 5.41) is 6.35. The molecule has 1 unspecified atom stereocenters. The minimum Gasteiger partial charge on any atom is -0.366 e. The van der Waals surface area contributed by atoms with Crippen LogP contribution in [0, 0.1) is 6.92 Å². The summed E-state index contributed by atoms with van der Waals surface area (Å²) in [7, 11) is 0. The molecule has 0 bridgehead atoms. The van der Waals surface area contributed by atoms with Crippen LogP contribution in [0.4, 0.5) is 0 Å². The van der Waals surface area contributed by atoms with Gasteiger partial charge in [0.25, 0.3) is 5.91 Å². The molecule has 0 aromatic heterocycles. The van der Waals surface area contributed by atoms with E-state index in [1.807, 2.05) is 0 Å². The Morgan fingerprint density at radius 2 is 2.00 bits per heavy atom. The van der Waals surface area contributed by atoms with Crippen LogP contribution in [0.3, 0.4) is 0 Å². The third-order valence-corrected chi connectivity index (χ3v) is 4.81. The van der Waals surface area contributed by atoms with Gasteiger partial charge >= 0.3 is 0 Å². The van der Waals surface area contributed by atoms with Crippen LogP contribution in [0.1, 0.15) is 24.0 Å². The molecule has 2 saturated heterocycles. The Bertz CT molecular complexity index is 531. The largest absolute Gasteiger partial charge is 0.366 e. The maximum absolute atomic E-state index is 12.2. The summed E-state index contributed by atoms with van der Waals surface area (Å²) in [6, 6.07) is 8.84. The highest BCUT2D eigenvalue weighted by molar-refractivity contribution is 5.85. The first-order chi connectivity index (χ1) is 11.2. The lowest BCUT2D eigenvalue weighted by atomic mass is 10.0. The van der Waals surface area contributed by atoms with Gasteiger partial charge in [-0.2, -0.15) is 0 Å². The van der Waals surface area contributed by atoms with E-state index in [2.05, 4.69) is 46.7 Å². The van der Waals surface area contributed by atoms with Crippen LogP contribution < -0.4 is 10.6 Å². The van der Waals surface area contributed by atoms with Crippen molar-refractivity contribution in [2.45, 2.75) is 38.5 Å². The summed E-state index contributed by atoms with van der Waals surface area (Å²) >= 11 is 0. The first kappa shape index (κ1) is 22.2. The molecule has 1 amide bonds. The Morgan fingerprint density at radius 1 is 1.28 bits per heavy atom. The number of amides is 1. The number of carbonyl (C=O) groups is 1. The van der Waals surface area contributed by atoms with Gasteiger partial charge in [-0.25, -0.2) is 0 Å². The lowest BCUT2D eigenvalue weighted by Gasteiger charge is -2.33. The molecule has 5 nitrogen and oxygen atoms in total. The summed E-state index contributed by atoms with van der Waals surface area (Å²) in [5.41, 5.74) is 2.75. The average molecular weight is 390 g/mol. The molecule has 0 radical (unpaired) electrons. The number of carbonyl (C=O) groups excluding carboxylic acids is 1. The highest BCUT2D eigenvalue weighted by atomic mass is 35.5. The van der Waals surface area contributed by atoms with Crippen molar-refractivity contribution >= 4 is 30.7 Å². The Labute approximate surface area is 162 Å². The number of rotatable bonds is 4. The van der Waals surface area contributed by atoms with Crippen molar-refractivity contribution in [2.24, 2.45) is 0 Å². The van der Waals surface area contributed by atoms with E-state index in [0.29, 0.717) is 13.2 Å². The maximum atomic E-state index is 12.2. The number of likely N-dealkylation sites (tertiary alicyclic amines) is 1. The van der Waals surface area contributed by atoms with Crippen molar-refractivity contribution in [2.75, 3.05) is 32.8 Å². The second-order valence-corrected chi connectivity index (χ2v) is 6.55. The van der Waals surface area contributed by atoms with Crippen molar-refractivity contribution in [3.05, 3.63) is 35.4 Å². The normalized spacial score (nSPS) is 21.7. The fraction of sp³-hybridized carbons (Fsp3) is 0.611. The van der Waals surface area contributed by atoms with E-state index < -0.39 is 0 Å². The average Bonchev–Trinajstić information content (AvgIpc) is 2.59. The van der Waals surface area contributed by atoms with Gasteiger partial charge in [0.05, 0.1) is 6.61 Å².